The Kier molecular flexibility index (Phi) is 5.52. The number of nitrogens with zero attached hydrogens (tertiary/aromatic N) is 2. The maximum Gasteiger partial charge on any atom is 0.0905 e. The monoisotopic (exact) mass is 230 g/mol. The van der Waals surface area contributed by atoms with E-state index in [-0.39, 0.29) is 0 Å². The van der Waals surface area contributed by atoms with E-state index in [4.69, 9.17) is 0 Å². The van der Waals surface area contributed by atoms with Crippen LogP contribution in [0.1, 0.15) is 18.9 Å². The second-order valence-electron chi connectivity index (χ2n) is 3.07. The van der Waals surface area contributed by atoms with Crippen molar-refractivity contribution in [1.82, 2.24) is 9.88 Å². The number of hydrogen-bond acceptors (Lipinski definition) is 4. The summed E-state index contributed by atoms with van der Waals surface area (Å²) in [6.07, 6.45) is 1.98. The SMILES string of the molecule is CCN(CC)CCSc1cnc(C)s1. The van der Waals surface area contributed by atoms with E-state index in [1.165, 1.54) is 16.5 Å². The Morgan fingerprint density at radius 3 is 2.64 bits per heavy atom. The fraction of sp³-hybridized carbons (Fsp3) is 0.700. The van der Waals surface area contributed by atoms with Crippen molar-refractivity contribution in [1.29, 1.82) is 0 Å². The molecule has 0 aliphatic heterocycles. The summed E-state index contributed by atoms with van der Waals surface area (Å²) in [4.78, 5) is 6.68. The molecule has 0 aromatic carbocycles. The zero-order valence-electron chi connectivity index (χ0n) is 9.12. The van der Waals surface area contributed by atoms with Crippen molar-refractivity contribution in [3.8, 4) is 0 Å². The molecule has 0 aliphatic rings. The maximum atomic E-state index is 4.24. The molecular weight excluding hydrogens is 212 g/mol. The molecular formula is C10H18N2S2. The normalized spacial score (nSPS) is 11.1. The van der Waals surface area contributed by atoms with Crippen molar-refractivity contribution in [2.45, 2.75) is 25.0 Å². The summed E-state index contributed by atoms with van der Waals surface area (Å²) in [6.45, 7) is 9.96. The molecule has 0 saturated heterocycles. The fourth-order valence-corrected chi connectivity index (χ4v) is 3.25. The van der Waals surface area contributed by atoms with E-state index >= 15 is 0 Å². The molecule has 14 heavy (non-hydrogen) atoms. The quantitative estimate of drug-likeness (QED) is 0.699. The van der Waals surface area contributed by atoms with Gasteiger partial charge in [-0.15, -0.1) is 23.1 Å². The van der Waals surface area contributed by atoms with Gasteiger partial charge >= 0.3 is 0 Å². The minimum absolute atomic E-state index is 1.15. The lowest BCUT2D eigenvalue weighted by Crippen LogP contribution is -2.25. The third-order valence-electron chi connectivity index (χ3n) is 2.15. The second-order valence-corrected chi connectivity index (χ2v) is 5.70. The van der Waals surface area contributed by atoms with E-state index in [2.05, 4.69) is 30.7 Å². The molecule has 0 aliphatic carbocycles. The average Bonchev–Trinajstić information content (AvgIpc) is 2.59. The maximum absolute atomic E-state index is 4.24. The zero-order valence-corrected chi connectivity index (χ0v) is 10.7. The lowest BCUT2D eigenvalue weighted by molar-refractivity contribution is 0.324. The molecule has 2 nitrogen and oxygen atoms in total. The topological polar surface area (TPSA) is 16.1 Å². The van der Waals surface area contributed by atoms with Gasteiger partial charge in [-0.3, -0.25) is 0 Å². The molecule has 0 spiro atoms. The minimum Gasteiger partial charge on any atom is -0.303 e. The number of thiazole rings is 1. The van der Waals surface area contributed by atoms with E-state index in [9.17, 15) is 0 Å². The molecule has 1 rings (SSSR count). The summed E-state index contributed by atoms with van der Waals surface area (Å²) in [5.74, 6) is 1.17. The first-order chi connectivity index (χ1) is 6.76. The van der Waals surface area contributed by atoms with E-state index in [0.717, 1.165) is 18.1 Å². The summed E-state index contributed by atoms with van der Waals surface area (Å²) in [6, 6.07) is 0. The van der Waals surface area contributed by atoms with Crippen LogP contribution in [-0.4, -0.2) is 35.3 Å². The number of hydrogen-bond donors (Lipinski definition) is 0. The van der Waals surface area contributed by atoms with Crippen LogP contribution < -0.4 is 0 Å². The van der Waals surface area contributed by atoms with Crippen molar-refractivity contribution < 1.29 is 0 Å². The van der Waals surface area contributed by atoms with Crippen LogP contribution in [0.3, 0.4) is 0 Å². The highest BCUT2D eigenvalue weighted by Crippen LogP contribution is 2.24. The minimum atomic E-state index is 1.15. The largest absolute Gasteiger partial charge is 0.303 e. The number of aryl methyl sites for hydroxylation is 1. The highest BCUT2D eigenvalue weighted by Gasteiger charge is 2.01. The van der Waals surface area contributed by atoms with Gasteiger partial charge in [-0.05, 0) is 20.0 Å². The van der Waals surface area contributed by atoms with Gasteiger partial charge in [-0.2, -0.15) is 0 Å². The van der Waals surface area contributed by atoms with Crippen LogP contribution in [0.15, 0.2) is 10.4 Å². The predicted octanol–water partition coefficient (Wildman–Crippen LogP) is 2.89. The standard InChI is InChI=1S/C10H18N2S2/c1-4-12(5-2)6-7-13-10-8-11-9(3)14-10/h8H,4-7H2,1-3H3. The Labute approximate surface area is 94.7 Å². The third-order valence-corrected chi connectivity index (χ3v) is 4.23. The second kappa shape index (κ2) is 6.43. The molecule has 1 aromatic rings. The Hall–Kier alpha value is -0.0600. The van der Waals surface area contributed by atoms with Gasteiger partial charge in [0.1, 0.15) is 0 Å². The van der Waals surface area contributed by atoms with Crippen LogP contribution in [0.2, 0.25) is 0 Å². The van der Waals surface area contributed by atoms with E-state index in [1.54, 1.807) is 11.3 Å². The van der Waals surface area contributed by atoms with Crippen molar-refractivity contribution in [3.05, 3.63) is 11.2 Å². The van der Waals surface area contributed by atoms with Crippen molar-refractivity contribution in [2.75, 3.05) is 25.4 Å². The van der Waals surface area contributed by atoms with Crippen LogP contribution in [0.4, 0.5) is 0 Å². The van der Waals surface area contributed by atoms with Crippen LogP contribution >= 0.6 is 23.1 Å². The van der Waals surface area contributed by atoms with Gasteiger partial charge in [0.2, 0.25) is 0 Å². The smallest absolute Gasteiger partial charge is 0.0905 e. The molecule has 4 heteroatoms. The van der Waals surface area contributed by atoms with Gasteiger partial charge in [-0.25, -0.2) is 4.98 Å². The van der Waals surface area contributed by atoms with Crippen molar-refractivity contribution in [2.24, 2.45) is 0 Å². The lowest BCUT2D eigenvalue weighted by atomic mass is 10.5. The summed E-state index contributed by atoms with van der Waals surface area (Å²) in [5, 5.41) is 1.16. The highest BCUT2D eigenvalue weighted by atomic mass is 32.2. The molecule has 0 saturated carbocycles. The first-order valence-electron chi connectivity index (χ1n) is 5.03. The average molecular weight is 230 g/mol. The van der Waals surface area contributed by atoms with E-state index in [0.29, 0.717) is 0 Å². The number of aromatic nitrogens is 1. The van der Waals surface area contributed by atoms with Gasteiger partial charge in [0.05, 0.1) is 15.4 Å². The molecule has 80 valence electrons. The molecule has 0 amide bonds. The molecule has 0 unspecified atom stereocenters. The van der Waals surface area contributed by atoms with Crippen LogP contribution in [-0.2, 0) is 0 Å². The first kappa shape index (κ1) is 12.0. The molecule has 0 radical (unpaired) electrons. The van der Waals surface area contributed by atoms with Crippen molar-refractivity contribution in [3.63, 3.8) is 0 Å². The third kappa shape index (κ3) is 3.98. The summed E-state index contributed by atoms with van der Waals surface area (Å²) >= 11 is 3.70. The Bertz CT molecular complexity index is 256. The van der Waals surface area contributed by atoms with Crippen LogP contribution in [0.5, 0.6) is 0 Å². The van der Waals surface area contributed by atoms with Crippen LogP contribution in [0.25, 0.3) is 0 Å². The predicted molar refractivity (Wildman–Crippen MR) is 65.4 cm³/mol. The zero-order chi connectivity index (χ0) is 10.4. The number of rotatable bonds is 6. The summed E-state index contributed by atoms with van der Waals surface area (Å²) in [7, 11) is 0. The van der Waals surface area contributed by atoms with Gasteiger partial charge in [-0.1, -0.05) is 13.8 Å². The molecule has 0 atom stereocenters. The van der Waals surface area contributed by atoms with Crippen LogP contribution in [0, 0.1) is 6.92 Å². The molecule has 1 aromatic heterocycles. The van der Waals surface area contributed by atoms with Gasteiger partial charge < -0.3 is 4.90 Å². The Morgan fingerprint density at radius 1 is 1.43 bits per heavy atom. The number of thioether (sulfide) groups is 1. The molecule has 0 N–H and O–H groups in total. The highest BCUT2D eigenvalue weighted by molar-refractivity contribution is 8.01. The summed E-state index contributed by atoms with van der Waals surface area (Å²) in [5.41, 5.74) is 0. The molecule has 0 bridgehead atoms. The molecule has 0 fully saturated rings. The van der Waals surface area contributed by atoms with E-state index < -0.39 is 0 Å². The van der Waals surface area contributed by atoms with Crippen molar-refractivity contribution >= 4 is 23.1 Å². The lowest BCUT2D eigenvalue weighted by Gasteiger charge is -2.16. The fourth-order valence-electron chi connectivity index (χ4n) is 1.22. The summed E-state index contributed by atoms with van der Waals surface area (Å²) < 4.78 is 1.34. The molecule has 1 heterocycles. The van der Waals surface area contributed by atoms with Gasteiger partial charge in [0.25, 0.3) is 0 Å². The van der Waals surface area contributed by atoms with Gasteiger partial charge in [0.15, 0.2) is 0 Å². The Morgan fingerprint density at radius 2 is 2.14 bits per heavy atom. The van der Waals surface area contributed by atoms with Gasteiger partial charge in [0, 0.05) is 12.3 Å². The van der Waals surface area contributed by atoms with E-state index in [1.807, 2.05) is 18.0 Å². The first-order valence-corrected chi connectivity index (χ1v) is 6.84. The Balaban J connectivity index is 2.21.